The molecule has 4 heteroatoms. The molecule has 20 heavy (non-hydrogen) atoms. The van der Waals surface area contributed by atoms with Gasteiger partial charge >= 0.3 is 0 Å². The molecule has 2 N–H and O–H groups in total. The summed E-state index contributed by atoms with van der Waals surface area (Å²) >= 11 is 1.72. The Morgan fingerprint density at radius 2 is 2.10 bits per heavy atom. The molecule has 3 nitrogen and oxygen atoms in total. The summed E-state index contributed by atoms with van der Waals surface area (Å²) in [5.74, 6) is 0. The van der Waals surface area contributed by atoms with E-state index in [1.807, 2.05) is 5.51 Å². The Labute approximate surface area is 125 Å². The topological polar surface area (TPSA) is 42.1 Å². The highest BCUT2D eigenvalue weighted by Crippen LogP contribution is 2.24. The zero-order valence-corrected chi connectivity index (χ0v) is 13.3. The van der Waals surface area contributed by atoms with E-state index in [0.29, 0.717) is 0 Å². The average molecular weight is 289 g/mol. The van der Waals surface area contributed by atoms with Crippen molar-refractivity contribution in [2.75, 3.05) is 11.9 Å². The minimum absolute atomic E-state index is 0.231. The molecular weight excluding hydrogens is 266 g/mol. The summed E-state index contributed by atoms with van der Waals surface area (Å²) in [5, 5.41) is 0. The van der Waals surface area contributed by atoms with E-state index < -0.39 is 0 Å². The van der Waals surface area contributed by atoms with Crippen molar-refractivity contribution in [3.63, 3.8) is 0 Å². The molecule has 2 rings (SSSR count). The van der Waals surface area contributed by atoms with Crippen molar-refractivity contribution in [2.45, 2.75) is 39.3 Å². The predicted octanol–water partition coefficient (Wildman–Crippen LogP) is 3.37. The Kier molecular flexibility index (Phi) is 5.15. The van der Waals surface area contributed by atoms with Crippen molar-refractivity contribution in [3.05, 3.63) is 45.9 Å². The van der Waals surface area contributed by atoms with Gasteiger partial charge in [0.15, 0.2) is 0 Å². The van der Waals surface area contributed by atoms with Crippen LogP contribution in [0.1, 0.15) is 29.5 Å². The molecule has 108 valence electrons. The third-order valence-corrected chi connectivity index (χ3v) is 4.55. The van der Waals surface area contributed by atoms with Crippen molar-refractivity contribution in [1.29, 1.82) is 0 Å². The summed E-state index contributed by atoms with van der Waals surface area (Å²) in [6, 6.07) is 8.77. The lowest BCUT2D eigenvalue weighted by atomic mass is 10.0. The van der Waals surface area contributed by atoms with Gasteiger partial charge in [0, 0.05) is 23.7 Å². The van der Waals surface area contributed by atoms with E-state index in [9.17, 15) is 0 Å². The van der Waals surface area contributed by atoms with Crippen LogP contribution in [0.15, 0.2) is 29.8 Å². The number of hydrogen-bond donors (Lipinski definition) is 1. The first-order valence-corrected chi connectivity index (χ1v) is 7.93. The lowest BCUT2D eigenvalue weighted by molar-refractivity contribution is 0.645. The van der Waals surface area contributed by atoms with Crippen molar-refractivity contribution in [2.24, 2.45) is 5.73 Å². The first kappa shape index (κ1) is 15.0. The Morgan fingerprint density at radius 3 is 2.75 bits per heavy atom. The Bertz CT molecular complexity index is 550. The van der Waals surface area contributed by atoms with Gasteiger partial charge in [0.25, 0.3) is 0 Å². The summed E-state index contributed by atoms with van der Waals surface area (Å²) < 4.78 is 0. The Morgan fingerprint density at radius 1 is 1.35 bits per heavy atom. The smallest absolute Gasteiger partial charge is 0.0798 e. The van der Waals surface area contributed by atoms with Crippen LogP contribution in [0.5, 0.6) is 0 Å². The molecule has 1 aromatic carbocycles. The number of aromatic nitrogens is 1. The first-order chi connectivity index (χ1) is 9.61. The first-order valence-electron chi connectivity index (χ1n) is 7.05. The molecule has 0 fully saturated rings. The van der Waals surface area contributed by atoms with E-state index in [1.54, 1.807) is 11.3 Å². The molecule has 0 spiro atoms. The van der Waals surface area contributed by atoms with Gasteiger partial charge in [0.2, 0.25) is 0 Å². The number of thiazole rings is 1. The maximum absolute atomic E-state index is 6.11. The maximum atomic E-state index is 6.11. The van der Waals surface area contributed by atoms with Crippen LogP contribution in [-0.2, 0) is 13.0 Å². The molecule has 1 unspecified atom stereocenters. The molecule has 0 aliphatic rings. The maximum Gasteiger partial charge on any atom is 0.0798 e. The highest BCUT2D eigenvalue weighted by atomic mass is 32.1. The van der Waals surface area contributed by atoms with Crippen LogP contribution in [0.3, 0.4) is 0 Å². The number of nitrogens with zero attached hydrogens (tertiary/aromatic N) is 2. The van der Waals surface area contributed by atoms with Crippen LogP contribution >= 0.6 is 11.3 Å². The summed E-state index contributed by atoms with van der Waals surface area (Å²) in [6.45, 7) is 5.10. The molecule has 1 atom stereocenters. The van der Waals surface area contributed by atoms with Gasteiger partial charge in [0.1, 0.15) is 0 Å². The lowest BCUT2D eigenvalue weighted by Gasteiger charge is -2.23. The molecule has 0 saturated heterocycles. The predicted molar refractivity (Wildman–Crippen MR) is 87.4 cm³/mol. The number of aryl methyl sites for hydroxylation is 1. The molecule has 0 radical (unpaired) electrons. The normalized spacial score (nSPS) is 12.4. The number of rotatable bonds is 6. The summed E-state index contributed by atoms with van der Waals surface area (Å²) in [4.78, 5) is 7.93. The van der Waals surface area contributed by atoms with Gasteiger partial charge in [0.05, 0.1) is 17.7 Å². The average Bonchev–Trinajstić information content (AvgIpc) is 2.84. The Hall–Kier alpha value is -1.39. The van der Waals surface area contributed by atoms with Crippen molar-refractivity contribution in [1.82, 2.24) is 4.98 Å². The van der Waals surface area contributed by atoms with Crippen LogP contribution in [0.25, 0.3) is 0 Å². The molecule has 0 bridgehead atoms. The lowest BCUT2D eigenvalue weighted by Crippen LogP contribution is -2.24. The van der Waals surface area contributed by atoms with Gasteiger partial charge in [-0.15, -0.1) is 11.3 Å². The summed E-state index contributed by atoms with van der Waals surface area (Å²) in [7, 11) is 2.13. The number of anilines is 1. The fraction of sp³-hybridized carbons (Fsp3) is 0.438. The van der Waals surface area contributed by atoms with E-state index in [4.69, 9.17) is 5.73 Å². The zero-order valence-electron chi connectivity index (χ0n) is 12.5. The van der Waals surface area contributed by atoms with Gasteiger partial charge in [-0.25, -0.2) is 4.98 Å². The second-order valence-electron chi connectivity index (χ2n) is 5.22. The van der Waals surface area contributed by atoms with Crippen LogP contribution < -0.4 is 10.6 Å². The second-order valence-corrected chi connectivity index (χ2v) is 6.16. The number of hydrogen-bond acceptors (Lipinski definition) is 4. The van der Waals surface area contributed by atoms with E-state index in [2.05, 4.69) is 55.0 Å². The van der Waals surface area contributed by atoms with Gasteiger partial charge in [-0.05, 0) is 31.4 Å². The third kappa shape index (κ3) is 3.58. The van der Waals surface area contributed by atoms with E-state index in [-0.39, 0.29) is 6.04 Å². The minimum Gasteiger partial charge on any atom is -0.369 e. The fourth-order valence-corrected chi connectivity index (χ4v) is 3.09. The van der Waals surface area contributed by atoms with Crippen LogP contribution in [0.2, 0.25) is 0 Å². The molecular formula is C16H23N3S. The highest BCUT2D eigenvalue weighted by Gasteiger charge is 2.12. The van der Waals surface area contributed by atoms with E-state index in [1.165, 1.54) is 16.1 Å². The zero-order chi connectivity index (χ0) is 14.5. The van der Waals surface area contributed by atoms with Crippen molar-refractivity contribution >= 4 is 17.0 Å². The van der Waals surface area contributed by atoms with E-state index >= 15 is 0 Å². The van der Waals surface area contributed by atoms with Gasteiger partial charge in [-0.1, -0.05) is 25.1 Å². The Balaban J connectivity index is 2.17. The molecule has 0 saturated carbocycles. The van der Waals surface area contributed by atoms with Crippen molar-refractivity contribution in [3.8, 4) is 0 Å². The van der Waals surface area contributed by atoms with E-state index in [0.717, 1.165) is 25.1 Å². The number of benzene rings is 1. The number of para-hydroxylation sites is 1. The standard InChI is InChI=1S/C16H23N3S/c1-4-14(17)9-13-7-5-6-8-15(13)19(3)10-16-12(2)18-11-20-16/h5-8,11,14H,4,9-10,17H2,1-3H3. The van der Waals surface area contributed by atoms with Gasteiger partial charge in [-0.3, -0.25) is 0 Å². The van der Waals surface area contributed by atoms with Gasteiger partial charge in [-0.2, -0.15) is 0 Å². The van der Waals surface area contributed by atoms with Crippen LogP contribution in [0, 0.1) is 6.92 Å². The highest BCUT2D eigenvalue weighted by molar-refractivity contribution is 7.09. The molecule has 0 aliphatic carbocycles. The number of nitrogens with two attached hydrogens (primary N) is 1. The summed E-state index contributed by atoms with van der Waals surface area (Å²) in [5.41, 5.74) is 11.7. The van der Waals surface area contributed by atoms with Crippen LogP contribution in [-0.4, -0.2) is 18.1 Å². The quantitative estimate of drug-likeness (QED) is 0.886. The fourth-order valence-electron chi connectivity index (χ4n) is 2.26. The summed E-state index contributed by atoms with van der Waals surface area (Å²) in [6.07, 6.45) is 1.94. The molecule has 2 aromatic rings. The minimum atomic E-state index is 0.231. The van der Waals surface area contributed by atoms with Crippen LogP contribution in [0.4, 0.5) is 5.69 Å². The third-order valence-electron chi connectivity index (χ3n) is 3.63. The monoisotopic (exact) mass is 289 g/mol. The largest absolute Gasteiger partial charge is 0.369 e. The molecule has 0 amide bonds. The van der Waals surface area contributed by atoms with Crippen molar-refractivity contribution < 1.29 is 0 Å². The molecule has 0 aliphatic heterocycles. The molecule has 1 aromatic heterocycles. The molecule has 1 heterocycles. The van der Waals surface area contributed by atoms with Gasteiger partial charge < -0.3 is 10.6 Å². The SMILES string of the molecule is CCC(N)Cc1ccccc1N(C)Cc1scnc1C. The second kappa shape index (κ2) is 6.86.